The van der Waals surface area contributed by atoms with Crippen molar-refractivity contribution in [3.8, 4) is 12.1 Å². The number of nitrogens with one attached hydrogen (secondary N) is 2. The van der Waals surface area contributed by atoms with Gasteiger partial charge in [-0.2, -0.15) is 10.5 Å². The molecule has 64 heavy (non-hydrogen) atoms. The smallest absolute Gasteiger partial charge is 0.258 e. The molecule has 2 saturated heterocycles. The van der Waals surface area contributed by atoms with Crippen molar-refractivity contribution in [3.63, 3.8) is 0 Å². The summed E-state index contributed by atoms with van der Waals surface area (Å²) in [5.41, 5.74) is 0.400. The molecule has 2 N–H and O–H groups in total. The normalized spacial score (nSPS) is 15.5. The number of thiocarbonyl (C=S) groups is 2. The van der Waals surface area contributed by atoms with Crippen molar-refractivity contribution >= 4 is 104 Å². The lowest BCUT2D eigenvalue weighted by molar-refractivity contribution is 0.621. The van der Waals surface area contributed by atoms with Crippen LogP contribution in [0.4, 0.5) is 31.5 Å². The molecule has 8 rings (SSSR count). The van der Waals surface area contributed by atoms with Crippen LogP contribution in [0.5, 0.6) is 0 Å². The van der Waals surface area contributed by atoms with E-state index in [1.807, 2.05) is 26.0 Å². The van der Waals surface area contributed by atoms with Crippen LogP contribution in [0.25, 0.3) is 11.3 Å². The van der Waals surface area contributed by atoms with Crippen molar-refractivity contribution in [1.29, 1.82) is 21.3 Å². The topological polar surface area (TPSA) is 177 Å². The average molecular weight is 938 g/mol. The van der Waals surface area contributed by atoms with Crippen LogP contribution in [0.1, 0.15) is 64.1 Å². The number of aryl methyl sites for hydroxylation is 2. The van der Waals surface area contributed by atoms with Gasteiger partial charge in [-0.15, -0.1) is 0 Å². The Bertz CT molecular complexity index is 3030. The Morgan fingerprint density at radius 1 is 0.641 bits per heavy atom. The summed E-state index contributed by atoms with van der Waals surface area (Å²) in [6.07, 6.45) is 3.97. The van der Waals surface area contributed by atoms with E-state index in [1.54, 1.807) is 73.9 Å². The number of amidine groups is 2. The molecule has 0 aliphatic carbocycles. The van der Waals surface area contributed by atoms with Crippen LogP contribution in [-0.4, -0.2) is 51.7 Å². The summed E-state index contributed by atoms with van der Waals surface area (Å²) in [6.45, 7) is 10.8. The summed E-state index contributed by atoms with van der Waals surface area (Å²) in [7, 11) is 0. The first kappa shape index (κ1) is 45.3. The van der Waals surface area contributed by atoms with Crippen LogP contribution in [0, 0.1) is 45.1 Å². The maximum Gasteiger partial charge on any atom is 0.258 e. The third-order valence-electron chi connectivity index (χ3n) is 10.9. The van der Waals surface area contributed by atoms with Gasteiger partial charge in [-0.05, 0) is 101 Å². The number of hydrogen-bond acceptors (Lipinski definition) is 10. The molecule has 324 valence electrons. The summed E-state index contributed by atoms with van der Waals surface area (Å²) in [5, 5.41) is 36.7. The van der Waals surface area contributed by atoms with Crippen LogP contribution in [0.3, 0.4) is 0 Å². The fraction of sp³-hybridized carbons (Fsp3) is 0.227. The number of hydrogen-bond donors (Lipinski definition) is 2. The molecule has 0 amide bonds. The fourth-order valence-electron chi connectivity index (χ4n) is 7.44. The van der Waals surface area contributed by atoms with Gasteiger partial charge < -0.3 is 9.80 Å². The molecule has 2 fully saturated rings. The highest BCUT2D eigenvalue weighted by atomic mass is 35.5. The molecule has 0 saturated carbocycles. The zero-order valence-electron chi connectivity index (χ0n) is 35.0. The number of nitrogens with zero attached hydrogens (tertiary/aromatic N) is 10. The monoisotopic (exact) mass is 936 g/mol. The van der Waals surface area contributed by atoms with Crippen molar-refractivity contribution in [2.24, 2.45) is 0 Å². The van der Waals surface area contributed by atoms with Gasteiger partial charge in [0.25, 0.3) is 11.1 Å². The van der Waals surface area contributed by atoms with Gasteiger partial charge in [-0.25, -0.2) is 18.7 Å². The minimum Gasteiger partial charge on any atom is -0.304 e. The first-order valence-electron chi connectivity index (χ1n) is 19.5. The van der Waals surface area contributed by atoms with Crippen LogP contribution >= 0.6 is 47.6 Å². The van der Waals surface area contributed by atoms with E-state index in [0.717, 1.165) is 8.80 Å². The van der Waals surface area contributed by atoms with E-state index >= 15 is 8.78 Å². The molecule has 4 aromatic heterocycles. The lowest BCUT2D eigenvalue weighted by Crippen LogP contribution is -2.44. The van der Waals surface area contributed by atoms with E-state index in [0.29, 0.717) is 58.1 Å². The third-order valence-corrected chi connectivity index (χ3v) is 12.3. The van der Waals surface area contributed by atoms with E-state index in [1.165, 1.54) is 46.5 Å². The Labute approximate surface area is 385 Å². The molecule has 6 aromatic rings. The predicted molar refractivity (Wildman–Crippen MR) is 253 cm³/mol. The Kier molecular flexibility index (Phi) is 11.9. The highest BCUT2D eigenvalue weighted by molar-refractivity contribution is 7.81. The van der Waals surface area contributed by atoms with Crippen molar-refractivity contribution in [1.82, 2.24) is 18.8 Å². The lowest BCUT2D eigenvalue weighted by atomic mass is 10.0. The van der Waals surface area contributed by atoms with Crippen LogP contribution in [-0.2, 0) is 12.8 Å². The molecule has 20 heteroatoms. The summed E-state index contributed by atoms with van der Waals surface area (Å²) in [5.74, 6) is -1.06. The Hall–Kier alpha value is -6.70. The van der Waals surface area contributed by atoms with Gasteiger partial charge in [0.1, 0.15) is 23.8 Å². The zero-order chi connectivity index (χ0) is 46.7. The van der Waals surface area contributed by atoms with Gasteiger partial charge in [0.15, 0.2) is 33.2 Å². The quantitative estimate of drug-likeness (QED) is 0.152. The molecule has 0 unspecified atom stereocenters. The van der Waals surface area contributed by atoms with E-state index < -0.39 is 33.8 Å². The van der Waals surface area contributed by atoms with Gasteiger partial charge in [0.05, 0.1) is 55.0 Å². The zero-order valence-corrected chi connectivity index (χ0v) is 38.1. The molecule has 0 radical (unpaired) electrons. The molecule has 0 bridgehead atoms. The van der Waals surface area contributed by atoms with Gasteiger partial charge in [-0.3, -0.25) is 39.0 Å². The molecule has 0 atom stereocenters. The third kappa shape index (κ3) is 7.51. The minimum absolute atomic E-state index is 0.0631. The van der Waals surface area contributed by atoms with E-state index in [2.05, 4.69) is 9.97 Å². The highest BCUT2D eigenvalue weighted by Crippen LogP contribution is 2.40. The minimum atomic E-state index is -0.960. The van der Waals surface area contributed by atoms with E-state index in [-0.39, 0.29) is 43.2 Å². The lowest BCUT2D eigenvalue weighted by Gasteiger charge is -2.30. The summed E-state index contributed by atoms with van der Waals surface area (Å²) in [6, 6.07) is 18.8. The second-order valence-corrected chi connectivity index (χ2v) is 17.2. The second-order valence-electron chi connectivity index (χ2n) is 15.6. The highest BCUT2D eigenvalue weighted by Gasteiger charge is 2.49. The van der Waals surface area contributed by atoms with Gasteiger partial charge >= 0.3 is 0 Å². The van der Waals surface area contributed by atoms with Gasteiger partial charge in [-0.1, -0.05) is 37.0 Å². The van der Waals surface area contributed by atoms with Crippen LogP contribution in [0.2, 0.25) is 10.0 Å². The van der Waals surface area contributed by atoms with Crippen molar-refractivity contribution < 1.29 is 8.78 Å². The summed E-state index contributed by atoms with van der Waals surface area (Å²) < 4.78 is 32.3. The number of nitriles is 2. The average Bonchev–Trinajstić information content (AvgIpc) is 3.54. The number of aromatic nitrogens is 4. The van der Waals surface area contributed by atoms with Gasteiger partial charge in [0.2, 0.25) is 0 Å². The predicted octanol–water partition coefficient (Wildman–Crippen LogP) is 8.58. The molecule has 0 spiro atoms. The van der Waals surface area contributed by atoms with Crippen molar-refractivity contribution in [2.45, 2.75) is 65.5 Å². The first-order chi connectivity index (χ1) is 30.2. The number of pyridine rings is 2. The van der Waals surface area contributed by atoms with Crippen molar-refractivity contribution in [3.05, 3.63) is 138 Å². The largest absolute Gasteiger partial charge is 0.304 e. The molecule has 6 heterocycles. The van der Waals surface area contributed by atoms with Crippen LogP contribution in [0.15, 0.2) is 82.6 Å². The van der Waals surface area contributed by atoms with E-state index in [4.69, 9.17) is 69.0 Å². The standard InChI is InChI=1S/2C22H18ClFN6OS/c2*1-4-13-7-18(31)28-11-15(9-17(24)19(28)27-13)30-21(32)29(20(26)22(30,2)3)14-6-5-12(10-25)16(23)8-14/h2*5-9,11,26H,4H2,1-3H3. The number of fused-ring (bicyclic) bond motifs is 2. The van der Waals surface area contributed by atoms with E-state index in [9.17, 15) is 9.59 Å². The Balaban J connectivity index is 0.000000191. The maximum atomic E-state index is 15.0. The summed E-state index contributed by atoms with van der Waals surface area (Å²) in [4.78, 5) is 39.8. The SMILES string of the molecule is CCc1cc(=O)n2cc(N3C(=S)N(c4ccc(C#N)c(Cl)c4)C(=N)C3(C)C)cc(F)c2n1.CCc1cc(=O)n2cc(N3C(=S)N(c4ccc(C#N)c(Cl)c4)C(=N)C3(C)C)cc(F)c2n1. The van der Waals surface area contributed by atoms with Crippen molar-refractivity contribution in [2.75, 3.05) is 19.6 Å². The molecule has 14 nitrogen and oxygen atoms in total. The number of benzene rings is 2. The van der Waals surface area contributed by atoms with Gasteiger partial charge in [0, 0.05) is 48.0 Å². The number of rotatable bonds is 6. The number of halogens is 4. The maximum absolute atomic E-state index is 15.0. The molecular formula is C44H36Cl2F2N12O2S2. The molecular weight excluding hydrogens is 902 g/mol. The Morgan fingerprint density at radius 3 is 1.31 bits per heavy atom. The van der Waals surface area contributed by atoms with Crippen LogP contribution < -0.4 is 30.7 Å². The summed E-state index contributed by atoms with van der Waals surface area (Å²) >= 11 is 23.7. The number of anilines is 4. The Morgan fingerprint density at radius 2 is 1.00 bits per heavy atom. The second kappa shape index (κ2) is 16.8. The fourth-order valence-corrected chi connectivity index (χ4v) is 8.93. The first-order valence-corrected chi connectivity index (χ1v) is 21.1. The molecule has 2 aromatic carbocycles. The molecule has 2 aliphatic rings. The molecule has 2 aliphatic heterocycles.